The fourth-order valence-corrected chi connectivity index (χ4v) is 7.23. The van der Waals surface area contributed by atoms with Gasteiger partial charge in [0.2, 0.25) is 5.91 Å². The highest BCUT2D eigenvalue weighted by atomic mass is 19.3. The molecule has 0 aromatic heterocycles. The number of carbonyl (C=O) groups excluding carboxylic acids is 2. The first-order chi connectivity index (χ1) is 21.5. The standard InChI is InChI=1S/C35H49F2NO.C2H4O2.C2H6.H2/c1-4-7-32(35(22-23-35)33(38)39)11-6-8-26-12-14-28(15-13-26)24-27-9-5-10-29(17-16-27)25(2)30-18-20-31(21-19-30)34(3,36)37;1-4-2-3;1-2;/h12-15,18-21,25,27,29,32H,4-11,16-17,22-24H2,1-3H3,(H2,38,39);2H,1H3;1-2H3;1H. The summed E-state index contributed by atoms with van der Waals surface area (Å²) in [5.74, 6) is -0.682. The maximum atomic E-state index is 13.6. The third-order valence-corrected chi connectivity index (χ3v) is 10.1. The van der Waals surface area contributed by atoms with Gasteiger partial charge in [-0.05, 0) is 105 Å². The molecule has 1 amide bonds. The summed E-state index contributed by atoms with van der Waals surface area (Å²) >= 11 is 0. The lowest BCUT2D eigenvalue weighted by molar-refractivity contribution is -0.126. The van der Waals surface area contributed by atoms with E-state index < -0.39 is 5.92 Å². The molecular formula is C39H61F2NO3. The van der Waals surface area contributed by atoms with E-state index in [0.29, 0.717) is 30.1 Å². The molecule has 45 heavy (non-hydrogen) atoms. The number of nitrogens with two attached hydrogens (primary N) is 1. The van der Waals surface area contributed by atoms with E-state index in [0.717, 1.165) is 58.3 Å². The van der Waals surface area contributed by atoms with Crippen molar-refractivity contribution in [2.75, 3.05) is 7.11 Å². The molecule has 4 atom stereocenters. The molecule has 4 nitrogen and oxygen atoms in total. The van der Waals surface area contributed by atoms with E-state index in [1.54, 1.807) is 12.1 Å². The molecule has 2 aromatic carbocycles. The molecule has 2 fully saturated rings. The number of ether oxygens (including phenoxy) is 1. The number of rotatable bonds is 14. The Labute approximate surface area is 273 Å². The SMILES string of the molecule is CC.CCCC(CCCc1ccc(CC2CCCC(C(C)c3ccc(C(C)(F)F)cc3)CC2)cc1)C1(C(N)=O)CC1.COC=O.[HH]. The Bertz CT molecular complexity index is 1130. The largest absolute Gasteiger partial charge is 0.471 e. The van der Waals surface area contributed by atoms with Crippen LogP contribution in [-0.4, -0.2) is 19.5 Å². The third-order valence-electron chi connectivity index (χ3n) is 10.1. The monoisotopic (exact) mass is 629 g/mol. The molecule has 0 saturated heterocycles. The topological polar surface area (TPSA) is 69.4 Å². The number of benzene rings is 2. The van der Waals surface area contributed by atoms with E-state index >= 15 is 0 Å². The van der Waals surface area contributed by atoms with Gasteiger partial charge < -0.3 is 10.5 Å². The highest BCUT2D eigenvalue weighted by molar-refractivity contribution is 5.83. The Balaban J connectivity index is 0.00000140. The van der Waals surface area contributed by atoms with Gasteiger partial charge in [0.1, 0.15) is 0 Å². The van der Waals surface area contributed by atoms with Gasteiger partial charge in [-0.25, -0.2) is 8.78 Å². The molecule has 0 heterocycles. The van der Waals surface area contributed by atoms with Crippen LogP contribution in [0, 0.1) is 23.2 Å². The van der Waals surface area contributed by atoms with Crippen molar-refractivity contribution in [2.45, 2.75) is 130 Å². The minimum Gasteiger partial charge on any atom is -0.471 e. The van der Waals surface area contributed by atoms with Gasteiger partial charge in [-0.2, -0.15) is 0 Å². The first-order valence-electron chi connectivity index (χ1n) is 17.4. The molecule has 254 valence electrons. The molecule has 0 spiro atoms. The number of carbonyl (C=O) groups is 2. The van der Waals surface area contributed by atoms with Crippen LogP contribution in [0.3, 0.4) is 0 Å². The molecule has 4 rings (SSSR count). The van der Waals surface area contributed by atoms with Crippen molar-refractivity contribution >= 4 is 12.4 Å². The van der Waals surface area contributed by atoms with Crippen molar-refractivity contribution < 1.29 is 24.5 Å². The van der Waals surface area contributed by atoms with Crippen LogP contribution in [0.25, 0.3) is 0 Å². The van der Waals surface area contributed by atoms with Gasteiger partial charge in [0.05, 0.1) is 12.5 Å². The maximum absolute atomic E-state index is 13.6. The number of methoxy groups -OCH3 is 1. The van der Waals surface area contributed by atoms with Crippen LogP contribution in [0.2, 0.25) is 0 Å². The van der Waals surface area contributed by atoms with Gasteiger partial charge in [-0.1, -0.05) is 95.5 Å². The normalized spacial score (nSPS) is 20.2. The molecule has 0 bridgehead atoms. The Morgan fingerprint density at radius 2 is 1.62 bits per heavy atom. The second kappa shape index (κ2) is 19.0. The van der Waals surface area contributed by atoms with Gasteiger partial charge in [0, 0.05) is 13.9 Å². The van der Waals surface area contributed by atoms with Crippen molar-refractivity contribution in [3.8, 4) is 0 Å². The average Bonchev–Trinajstić information content (AvgIpc) is 3.88. The molecule has 2 N–H and O–H groups in total. The number of amides is 1. The molecule has 2 aromatic rings. The first kappa shape index (κ1) is 38.4. The summed E-state index contributed by atoms with van der Waals surface area (Å²) in [6.07, 6.45) is 14.8. The summed E-state index contributed by atoms with van der Waals surface area (Å²) in [5, 5.41) is 0. The predicted octanol–water partition coefficient (Wildman–Crippen LogP) is 10.4. The zero-order valence-electron chi connectivity index (χ0n) is 28.8. The van der Waals surface area contributed by atoms with Gasteiger partial charge in [-0.15, -0.1) is 0 Å². The van der Waals surface area contributed by atoms with E-state index in [2.05, 4.69) is 42.8 Å². The number of hydrogen-bond donors (Lipinski definition) is 1. The van der Waals surface area contributed by atoms with Crippen LogP contribution in [0.1, 0.15) is 135 Å². The Kier molecular flexibility index (Phi) is 16.2. The molecule has 2 aliphatic carbocycles. The maximum Gasteiger partial charge on any atom is 0.292 e. The second-order valence-corrected chi connectivity index (χ2v) is 13.2. The van der Waals surface area contributed by atoms with Crippen molar-refractivity contribution in [3.63, 3.8) is 0 Å². The fourth-order valence-electron chi connectivity index (χ4n) is 7.23. The van der Waals surface area contributed by atoms with Crippen LogP contribution < -0.4 is 5.73 Å². The summed E-state index contributed by atoms with van der Waals surface area (Å²) in [7, 11) is 1.31. The van der Waals surface area contributed by atoms with E-state index in [-0.39, 0.29) is 18.3 Å². The highest BCUT2D eigenvalue weighted by Gasteiger charge is 2.53. The van der Waals surface area contributed by atoms with Gasteiger partial charge >= 0.3 is 0 Å². The minimum absolute atomic E-state index is 0. The van der Waals surface area contributed by atoms with Crippen molar-refractivity contribution in [2.24, 2.45) is 28.9 Å². The second-order valence-electron chi connectivity index (χ2n) is 13.2. The van der Waals surface area contributed by atoms with Crippen LogP contribution in [0.4, 0.5) is 8.78 Å². The number of alkyl halides is 2. The third kappa shape index (κ3) is 11.8. The number of hydrogen-bond acceptors (Lipinski definition) is 3. The summed E-state index contributed by atoms with van der Waals surface area (Å²) in [5.41, 5.74) is 9.66. The van der Waals surface area contributed by atoms with Crippen LogP contribution in [-0.2, 0) is 33.1 Å². The molecule has 4 unspecified atom stereocenters. The van der Waals surface area contributed by atoms with Crippen LogP contribution in [0.15, 0.2) is 48.5 Å². The fraction of sp³-hybridized carbons (Fsp3) is 0.641. The van der Waals surface area contributed by atoms with E-state index in [4.69, 9.17) is 10.5 Å². The van der Waals surface area contributed by atoms with Crippen molar-refractivity contribution in [1.29, 1.82) is 0 Å². The lowest BCUT2D eigenvalue weighted by atomic mass is 9.81. The smallest absolute Gasteiger partial charge is 0.292 e. The van der Waals surface area contributed by atoms with Gasteiger partial charge in [0.25, 0.3) is 12.4 Å². The molecule has 6 heteroatoms. The van der Waals surface area contributed by atoms with Gasteiger partial charge in [0.15, 0.2) is 0 Å². The van der Waals surface area contributed by atoms with E-state index in [1.165, 1.54) is 55.9 Å². The molecule has 0 aliphatic heterocycles. The van der Waals surface area contributed by atoms with E-state index in [9.17, 15) is 13.6 Å². The van der Waals surface area contributed by atoms with E-state index in [1.807, 2.05) is 26.0 Å². The minimum atomic E-state index is -2.78. The lowest BCUT2D eigenvalue weighted by Gasteiger charge is -2.24. The Morgan fingerprint density at radius 1 is 1.02 bits per heavy atom. The predicted molar refractivity (Wildman–Crippen MR) is 183 cm³/mol. The van der Waals surface area contributed by atoms with Crippen molar-refractivity contribution in [1.82, 2.24) is 0 Å². The average molecular weight is 630 g/mol. The Morgan fingerprint density at radius 3 is 2.13 bits per heavy atom. The van der Waals surface area contributed by atoms with Crippen LogP contribution >= 0.6 is 0 Å². The summed E-state index contributed by atoms with van der Waals surface area (Å²) in [6, 6.07) is 16.3. The Hall–Kier alpha value is -2.76. The quantitative estimate of drug-likeness (QED) is 0.167. The molecule has 0 radical (unpaired) electrons. The van der Waals surface area contributed by atoms with Gasteiger partial charge in [-0.3, -0.25) is 9.59 Å². The first-order valence-corrected chi connectivity index (χ1v) is 17.4. The lowest BCUT2D eigenvalue weighted by Crippen LogP contribution is -2.32. The van der Waals surface area contributed by atoms with Crippen LogP contribution in [0.5, 0.6) is 0 Å². The molecule has 2 aliphatic rings. The zero-order chi connectivity index (χ0) is 33.5. The zero-order valence-corrected chi connectivity index (χ0v) is 28.8. The summed E-state index contributed by atoms with van der Waals surface area (Å²) < 4.78 is 31.1. The number of primary amides is 1. The molecular weight excluding hydrogens is 568 g/mol. The summed E-state index contributed by atoms with van der Waals surface area (Å²) in [6.45, 7) is 9.81. The number of aryl methyl sites for hydroxylation is 1. The highest BCUT2D eigenvalue weighted by Crippen LogP contribution is 2.55. The summed E-state index contributed by atoms with van der Waals surface area (Å²) in [4.78, 5) is 21.0. The number of halogens is 2. The molecule has 2 saturated carbocycles. The van der Waals surface area contributed by atoms with Crippen molar-refractivity contribution in [3.05, 3.63) is 70.8 Å².